The zero-order valence-corrected chi connectivity index (χ0v) is 16.0. The number of carbonyl (C=O) groups is 1. The van der Waals surface area contributed by atoms with E-state index in [0.717, 1.165) is 31.5 Å². The zero-order chi connectivity index (χ0) is 17.7. The molecule has 0 aliphatic carbocycles. The van der Waals surface area contributed by atoms with Gasteiger partial charge in [0.25, 0.3) is 0 Å². The van der Waals surface area contributed by atoms with E-state index in [1.54, 1.807) is 4.90 Å². The van der Waals surface area contributed by atoms with E-state index < -0.39 is 11.3 Å². The number of ether oxygens (including phenoxy) is 2. The highest BCUT2D eigenvalue weighted by molar-refractivity contribution is 5.69. The van der Waals surface area contributed by atoms with Crippen molar-refractivity contribution in [1.82, 2.24) is 14.7 Å². The number of hydrogen-bond acceptors (Lipinski definition) is 5. The molecule has 0 bridgehead atoms. The molecular weight excluding hydrogens is 306 g/mol. The molecule has 0 N–H and O–H groups in total. The van der Waals surface area contributed by atoms with Crippen LogP contribution in [-0.4, -0.2) is 84.5 Å². The molecule has 0 radical (unpaired) electrons. The van der Waals surface area contributed by atoms with Gasteiger partial charge in [0.1, 0.15) is 11.3 Å². The van der Waals surface area contributed by atoms with Gasteiger partial charge in [-0.1, -0.05) is 0 Å². The summed E-state index contributed by atoms with van der Waals surface area (Å²) in [6, 6.07) is 0.0615. The summed E-state index contributed by atoms with van der Waals surface area (Å²) in [6.45, 7) is 15.7. The van der Waals surface area contributed by atoms with E-state index >= 15 is 0 Å². The Morgan fingerprint density at radius 2 is 1.75 bits per heavy atom. The van der Waals surface area contributed by atoms with Crippen molar-refractivity contribution in [3.63, 3.8) is 0 Å². The van der Waals surface area contributed by atoms with Crippen LogP contribution >= 0.6 is 0 Å². The van der Waals surface area contributed by atoms with Crippen LogP contribution in [0.2, 0.25) is 0 Å². The molecule has 3 atom stereocenters. The average molecular weight is 339 g/mol. The Hall–Kier alpha value is -0.850. The van der Waals surface area contributed by atoms with Gasteiger partial charge in [0.15, 0.2) is 0 Å². The topological polar surface area (TPSA) is 45.2 Å². The van der Waals surface area contributed by atoms with Gasteiger partial charge >= 0.3 is 6.09 Å². The lowest BCUT2D eigenvalue weighted by atomic mass is 10.0. The molecule has 3 aliphatic heterocycles. The number of fused-ring (bicyclic) bond motifs is 1. The van der Waals surface area contributed by atoms with E-state index in [1.165, 1.54) is 13.1 Å². The van der Waals surface area contributed by atoms with Crippen molar-refractivity contribution in [3.05, 3.63) is 0 Å². The largest absolute Gasteiger partial charge is 0.444 e. The molecule has 1 amide bonds. The zero-order valence-electron chi connectivity index (χ0n) is 16.0. The molecule has 0 saturated carbocycles. The summed E-state index contributed by atoms with van der Waals surface area (Å²) in [6.07, 6.45) is -0.269. The molecule has 0 aromatic heterocycles. The molecule has 0 spiro atoms. The molecule has 3 rings (SSSR count). The van der Waals surface area contributed by atoms with Crippen LogP contribution in [0.5, 0.6) is 0 Å². The molecule has 3 aliphatic rings. The van der Waals surface area contributed by atoms with Gasteiger partial charge in [-0.2, -0.15) is 0 Å². The maximum Gasteiger partial charge on any atom is 0.412 e. The van der Waals surface area contributed by atoms with Crippen LogP contribution in [0.3, 0.4) is 0 Å². The van der Waals surface area contributed by atoms with E-state index in [0.29, 0.717) is 6.61 Å². The Bertz CT molecular complexity index is 474. The second-order valence-corrected chi connectivity index (χ2v) is 9.22. The fraction of sp³-hybridized carbons (Fsp3) is 0.944. The highest BCUT2D eigenvalue weighted by atomic mass is 16.6. The maximum absolute atomic E-state index is 12.7. The van der Waals surface area contributed by atoms with E-state index in [2.05, 4.69) is 16.8 Å². The van der Waals surface area contributed by atoms with E-state index in [9.17, 15) is 4.79 Å². The lowest BCUT2D eigenvalue weighted by Gasteiger charge is -2.36. The Labute approximate surface area is 146 Å². The summed E-state index contributed by atoms with van der Waals surface area (Å²) in [5, 5.41) is 0. The Morgan fingerprint density at radius 3 is 2.29 bits per heavy atom. The molecule has 0 aromatic carbocycles. The van der Waals surface area contributed by atoms with E-state index in [4.69, 9.17) is 9.47 Å². The lowest BCUT2D eigenvalue weighted by molar-refractivity contribution is -0.0632. The molecule has 24 heavy (non-hydrogen) atoms. The fourth-order valence-corrected chi connectivity index (χ4v) is 4.47. The average Bonchev–Trinajstić information content (AvgIpc) is 2.98. The quantitative estimate of drug-likeness (QED) is 0.768. The molecule has 138 valence electrons. The number of amides is 1. The SMILES string of the molecule is CN1C[C@@H]2CN(C[C@H]3COC(C)(C)N3C(=O)OC(C)(C)C)C[C@@H]2C1. The molecular formula is C18H33N3O3. The van der Waals surface area contributed by atoms with Crippen LogP contribution in [-0.2, 0) is 9.47 Å². The first-order valence-electron chi connectivity index (χ1n) is 9.12. The van der Waals surface area contributed by atoms with Crippen LogP contribution < -0.4 is 0 Å². The molecule has 3 saturated heterocycles. The number of likely N-dealkylation sites (tertiary alicyclic amines) is 2. The smallest absolute Gasteiger partial charge is 0.412 e. The van der Waals surface area contributed by atoms with Gasteiger partial charge in [-0.05, 0) is 53.5 Å². The number of nitrogens with zero attached hydrogens (tertiary/aromatic N) is 3. The molecule has 3 fully saturated rings. The standard InChI is InChI=1S/C18H33N3O3/c1-17(2,3)24-16(22)21-15(12-23-18(21,4)5)11-20-9-13-7-19(6)8-14(13)10-20/h13-15H,7-12H2,1-6H3/t13-,14+,15-/m0/s1. The molecule has 6 nitrogen and oxygen atoms in total. The molecule has 3 heterocycles. The summed E-state index contributed by atoms with van der Waals surface area (Å²) in [5.74, 6) is 1.56. The minimum Gasteiger partial charge on any atom is -0.444 e. The Kier molecular flexibility index (Phi) is 4.60. The summed E-state index contributed by atoms with van der Waals surface area (Å²) in [7, 11) is 2.21. The van der Waals surface area contributed by atoms with E-state index in [-0.39, 0.29) is 12.1 Å². The molecule has 0 unspecified atom stereocenters. The first kappa shape index (κ1) is 18.0. The summed E-state index contributed by atoms with van der Waals surface area (Å²) in [4.78, 5) is 19.4. The molecule has 6 heteroatoms. The second-order valence-electron chi connectivity index (χ2n) is 9.22. The Balaban J connectivity index is 1.63. The third-order valence-corrected chi connectivity index (χ3v) is 5.38. The van der Waals surface area contributed by atoms with Crippen molar-refractivity contribution in [2.75, 3.05) is 46.4 Å². The van der Waals surface area contributed by atoms with E-state index in [1.807, 2.05) is 34.6 Å². The summed E-state index contributed by atoms with van der Waals surface area (Å²) >= 11 is 0. The summed E-state index contributed by atoms with van der Waals surface area (Å²) < 4.78 is 11.5. The van der Waals surface area contributed by atoms with Crippen molar-refractivity contribution in [2.45, 2.75) is 52.0 Å². The number of rotatable bonds is 2. The van der Waals surface area contributed by atoms with Crippen molar-refractivity contribution in [2.24, 2.45) is 11.8 Å². The molecule has 0 aromatic rings. The minimum atomic E-state index is -0.608. The highest BCUT2D eigenvalue weighted by Gasteiger charge is 2.47. The third-order valence-electron chi connectivity index (χ3n) is 5.38. The monoisotopic (exact) mass is 339 g/mol. The minimum absolute atomic E-state index is 0.0615. The van der Waals surface area contributed by atoms with Crippen LogP contribution in [0.1, 0.15) is 34.6 Å². The van der Waals surface area contributed by atoms with Gasteiger partial charge in [0.2, 0.25) is 0 Å². The fourth-order valence-electron chi connectivity index (χ4n) is 4.47. The normalized spacial score (nSPS) is 33.9. The number of carbonyl (C=O) groups excluding carboxylic acids is 1. The Morgan fingerprint density at radius 1 is 1.17 bits per heavy atom. The van der Waals surface area contributed by atoms with Crippen LogP contribution in [0.15, 0.2) is 0 Å². The second kappa shape index (κ2) is 6.15. The third kappa shape index (κ3) is 3.70. The van der Waals surface area contributed by atoms with Gasteiger partial charge in [-0.25, -0.2) is 4.79 Å². The predicted octanol–water partition coefficient (Wildman–Crippen LogP) is 1.85. The first-order valence-corrected chi connectivity index (χ1v) is 9.12. The van der Waals surface area contributed by atoms with Gasteiger partial charge in [0.05, 0.1) is 12.6 Å². The predicted molar refractivity (Wildman–Crippen MR) is 92.8 cm³/mol. The van der Waals surface area contributed by atoms with Crippen LogP contribution in [0.4, 0.5) is 4.79 Å². The van der Waals surface area contributed by atoms with Crippen molar-refractivity contribution in [1.29, 1.82) is 0 Å². The van der Waals surface area contributed by atoms with Gasteiger partial charge < -0.3 is 19.3 Å². The van der Waals surface area contributed by atoms with Gasteiger partial charge in [-0.3, -0.25) is 4.90 Å². The maximum atomic E-state index is 12.7. The first-order chi connectivity index (χ1) is 11.0. The van der Waals surface area contributed by atoms with Crippen molar-refractivity contribution >= 4 is 6.09 Å². The highest BCUT2D eigenvalue weighted by Crippen LogP contribution is 2.33. The van der Waals surface area contributed by atoms with Crippen LogP contribution in [0, 0.1) is 11.8 Å². The van der Waals surface area contributed by atoms with Crippen molar-refractivity contribution in [3.8, 4) is 0 Å². The van der Waals surface area contributed by atoms with Gasteiger partial charge in [0, 0.05) is 32.7 Å². The summed E-state index contributed by atoms with van der Waals surface area (Å²) in [5.41, 5.74) is -1.10. The number of hydrogen-bond donors (Lipinski definition) is 0. The lowest BCUT2D eigenvalue weighted by Crippen LogP contribution is -2.52. The van der Waals surface area contributed by atoms with Crippen LogP contribution in [0.25, 0.3) is 0 Å². The van der Waals surface area contributed by atoms with Gasteiger partial charge in [-0.15, -0.1) is 0 Å². The van der Waals surface area contributed by atoms with Crippen molar-refractivity contribution < 1.29 is 14.3 Å².